The molecular formula is C12H13ClN2O2. The lowest BCUT2D eigenvalue weighted by Crippen LogP contribution is -2.17. The predicted molar refractivity (Wildman–Crippen MR) is 65.4 cm³/mol. The molecule has 2 heterocycles. The Labute approximate surface area is 105 Å². The summed E-state index contributed by atoms with van der Waals surface area (Å²) in [5.41, 5.74) is 1.85. The second-order valence-electron chi connectivity index (χ2n) is 3.53. The van der Waals surface area contributed by atoms with Gasteiger partial charge in [0.25, 0.3) is 0 Å². The van der Waals surface area contributed by atoms with E-state index >= 15 is 0 Å². The molecule has 0 saturated carbocycles. The summed E-state index contributed by atoms with van der Waals surface area (Å²) in [6, 6.07) is 3.68. The first-order valence-electron chi connectivity index (χ1n) is 5.15. The van der Waals surface area contributed by atoms with Crippen LogP contribution in [0.5, 0.6) is 5.75 Å². The van der Waals surface area contributed by atoms with E-state index in [9.17, 15) is 0 Å². The van der Waals surface area contributed by atoms with Crippen LogP contribution in [-0.4, -0.2) is 19.1 Å². The van der Waals surface area contributed by atoms with Gasteiger partial charge in [-0.25, -0.2) is 0 Å². The van der Waals surface area contributed by atoms with E-state index in [2.05, 4.69) is 10.3 Å². The highest BCUT2D eigenvalue weighted by atomic mass is 35.5. The first kappa shape index (κ1) is 12.0. The average Bonchev–Trinajstić information content (AvgIpc) is 2.77. The summed E-state index contributed by atoms with van der Waals surface area (Å²) in [5.74, 6) is 0.711. The maximum absolute atomic E-state index is 5.98. The highest BCUT2D eigenvalue weighted by Crippen LogP contribution is 2.29. The minimum absolute atomic E-state index is 0.0659. The maximum Gasteiger partial charge on any atom is 0.198 e. The average molecular weight is 253 g/mol. The molecule has 0 amide bonds. The Balaban J connectivity index is 2.38. The maximum atomic E-state index is 5.98. The highest BCUT2D eigenvalue weighted by molar-refractivity contribution is 6.29. The van der Waals surface area contributed by atoms with E-state index in [0.29, 0.717) is 11.0 Å². The van der Waals surface area contributed by atoms with Gasteiger partial charge in [-0.3, -0.25) is 4.98 Å². The molecular weight excluding hydrogens is 240 g/mol. The van der Waals surface area contributed by atoms with Crippen molar-refractivity contribution in [3.8, 4) is 5.75 Å². The van der Waals surface area contributed by atoms with Crippen LogP contribution in [0, 0.1) is 0 Å². The quantitative estimate of drug-likeness (QED) is 0.909. The number of pyridine rings is 1. The number of nitrogens with zero attached hydrogens (tertiary/aromatic N) is 1. The number of furan rings is 1. The summed E-state index contributed by atoms with van der Waals surface area (Å²) >= 11 is 5.98. The van der Waals surface area contributed by atoms with Crippen LogP contribution in [0.15, 0.2) is 35.2 Å². The Hall–Kier alpha value is -1.52. The Bertz CT molecular complexity index is 499. The third-order valence-corrected chi connectivity index (χ3v) is 2.86. The van der Waals surface area contributed by atoms with Crippen LogP contribution < -0.4 is 10.1 Å². The van der Waals surface area contributed by atoms with E-state index in [-0.39, 0.29) is 6.04 Å². The first-order chi connectivity index (χ1) is 8.26. The molecule has 1 N–H and O–H groups in total. The molecule has 0 aliphatic heterocycles. The third-order valence-electron chi connectivity index (χ3n) is 2.55. The zero-order valence-corrected chi connectivity index (χ0v) is 10.4. The minimum Gasteiger partial charge on any atom is -0.495 e. The zero-order chi connectivity index (χ0) is 12.3. The first-order valence-corrected chi connectivity index (χ1v) is 5.53. The summed E-state index contributed by atoms with van der Waals surface area (Å²) in [5, 5.41) is 3.55. The molecule has 0 bridgehead atoms. The number of hydrogen-bond acceptors (Lipinski definition) is 4. The van der Waals surface area contributed by atoms with Gasteiger partial charge in [0, 0.05) is 11.8 Å². The van der Waals surface area contributed by atoms with Crippen molar-refractivity contribution in [2.24, 2.45) is 0 Å². The monoisotopic (exact) mass is 252 g/mol. The van der Waals surface area contributed by atoms with Gasteiger partial charge in [0.1, 0.15) is 5.75 Å². The van der Waals surface area contributed by atoms with E-state index in [1.54, 1.807) is 25.8 Å². The van der Waals surface area contributed by atoms with Crippen LogP contribution in [0.1, 0.15) is 17.2 Å². The number of hydrogen-bond donors (Lipinski definition) is 1. The Morgan fingerprint density at radius 2 is 2.29 bits per heavy atom. The molecule has 4 nitrogen and oxygen atoms in total. The SMILES string of the molecule is CNC(c1cncc(OC)c1)c1ccoc1Cl. The van der Waals surface area contributed by atoms with Crippen LogP contribution in [0.4, 0.5) is 0 Å². The fourth-order valence-electron chi connectivity index (χ4n) is 1.72. The number of halogens is 1. The van der Waals surface area contributed by atoms with Gasteiger partial charge in [-0.15, -0.1) is 0 Å². The lowest BCUT2D eigenvalue weighted by Gasteiger charge is -2.15. The lowest BCUT2D eigenvalue weighted by molar-refractivity contribution is 0.411. The van der Waals surface area contributed by atoms with E-state index in [4.69, 9.17) is 20.8 Å². The van der Waals surface area contributed by atoms with E-state index < -0.39 is 0 Å². The molecule has 5 heteroatoms. The number of methoxy groups -OCH3 is 1. The summed E-state index contributed by atoms with van der Waals surface area (Å²) in [6.45, 7) is 0. The van der Waals surface area contributed by atoms with Gasteiger partial charge < -0.3 is 14.5 Å². The van der Waals surface area contributed by atoms with E-state index in [1.807, 2.05) is 19.2 Å². The molecule has 0 aromatic carbocycles. The van der Waals surface area contributed by atoms with Crippen LogP contribution in [0.25, 0.3) is 0 Å². The molecule has 0 aliphatic carbocycles. The molecule has 0 spiro atoms. The van der Waals surface area contributed by atoms with Crippen LogP contribution in [0.2, 0.25) is 5.22 Å². The second kappa shape index (κ2) is 5.21. The molecule has 0 saturated heterocycles. The van der Waals surface area contributed by atoms with Gasteiger partial charge in [0.05, 0.1) is 25.6 Å². The summed E-state index contributed by atoms with van der Waals surface area (Å²) in [6.07, 6.45) is 5.00. The van der Waals surface area contributed by atoms with Crippen molar-refractivity contribution in [2.45, 2.75) is 6.04 Å². The van der Waals surface area contributed by atoms with Crippen LogP contribution in [-0.2, 0) is 0 Å². The van der Waals surface area contributed by atoms with Crippen LogP contribution >= 0.6 is 11.6 Å². The van der Waals surface area contributed by atoms with Crippen molar-refractivity contribution in [1.82, 2.24) is 10.3 Å². The topological polar surface area (TPSA) is 47.3 Å². The second-order valence-corrected chi connectivity index (χ2v) is 3.87. The number of aromatic nitrogens is 1. The Morgan fingerprint density at radius 3 is 2.88 bits per heavy atom. The van der Waals surface area contributed by atoms with Crippen molar-refractivity contribution < 1.29 is 9.15 Å². The summed E-state index contributed by atoms with van der Waals surface area (Å²) in [7, 11) is 3.47. The van der Waals surface area contributed by atoms with Gasteiger partial charge in [0.15, 0.2) is 5.22 Å². The third kappa shape index (κ3) is 2.43. The largest absolute Gasteiger partial charge is 0.495 e. The van der Waals surface area contributed by atoms with Gasteiger partial charge >= 0.3 is 0 Å². The van der Waals surface area contributed by atoms with Crippen LogP contribution in [0.3, 0.4) is 0 Å². The van der Waals surface area contributed by atoms with Gasteiger partial charge in [-0.1, -0.05) is 0 Å². The molecule has 1 unspecified atom stereocenters. The number of ether oxygens (including phenoxy) is 1. The van der Waals surface area contributed by atoms with Crippen molar-refractivity contribution in [3.63, 3.8) is 0 Å². The Kier molecular flexibility index (Phi) is 3.66. The standard InChI is InChI=1S/C12H13ClN2O2/c1-14-11(10-3-4-17-12(10)13)8-5-9(16-2)7-15-6-8/h3-7,11,14H,1-2H3. The molecule has 0 aliphatic rings. The molecule has 90 valence electrons. The smallest absolute Gasteiger partial charge is 0.198 e. The normalized spacial score (nSPS) is 12.4. The lowest BCUT2D eigenvalue weighted by atomic mass is 10.0. The molecule has 0 radical (unpaired) electrons. The number of nitrogens with one attached hydrogen (secondary N) is 1. The molecule has 0 fully saturated rings. The molecule has 2 aromatic rings. The molecule has 2 rings (SSSR count). The van der Waals surface area contributed by atoms with Gasteiger partial charge in [0.2, 0.25) is 0 Å². The fourth-order valence-corrected chi connectivity index (χ4v) is 1.94. The van der Waals surface area contributed by atoms with E-state index in [0.717, 1.165) is 11.1 Å². The predicted octanol–water partition coefficient (Wildman–Crippen LogP) is 2.65. The molecule has 2 aromatic heterocycles. The van der Waals surface area contributed by atoms with E-state index in [1.165, 1.54) is 0 Å². The Morgan fingerprint density at radius 1 is 1.47 bits per heavy atom. The molecule has 1 atom stereocenters. The van der Waals surface area contributed by atoms with Crippen molar-refractivity contribution in [2.75, 3.05) is 14.2 Å². The van der Waals surface area contributed by atoms with Crippen molar-refractivity contribution in [1.29, 1.82) is 0 Å². The molecule has 17 heavy (non-hydrogen) atoms. The number of rotatable bonds is 4. The minimum atomic E-state index is -0.0659. The van der Waals surface area contributed by atoms with Crippen molar-refractivity contribution >= 4 is 11.6 Å². The summed E-state index contributed by atoms with van der Waals surface area (Å²) in [4.78, 5) is 4.13. The zero-order valence-electron chi connectivity index (χ0n) is 9.61. The highest BCUT2D eigenvalue weighted by Gasteiger charge is 2.18. The van der Waals surface area contributed by atoms with Gasteiger partial charge in [-0.2, -0.15) is 0 Å². The van der Waals surface area contributed by atoms with Gasteiger partial charge in [-0.05, 0) is 36.3 Å². The fraction of sp³-hybridized carbons (Fsp3) is 0.250. The van der Waals surface area contributed by atoms with Crippen molar-refractivity contribution in [3.05, 3.63) is 47.1 Å². The summed E-state index contributed by atoms with van der Waals surface area (Å²) < 4.78 is 10.2.